The summed E-state index contributed by atoms with van der Waals surface area (Å²) in [5.41, 5.74) is 4.87. The molecule has 0 spiro atoms. The topological polar surface area (TPSA) is 42.3 Å². The van der Waals surface area contributed by atoms with E-state index < -0.39 is 0 Å². The van der Waals surface area contributed by atoms with E-state index in [1.165, 1.54) is 17.0 Å². The van der Waals surface area contributed by atoms with Gasteiger partial charge in [-0.25, -0.2) is 0 Å². The van der Waals surface area contributed by atoms with Crippen LogP contribution in [0.1, 0.15) is 54.6 Å². The first-order valence-electron chi connectivity index (χ1n) is 9.11. The fourth-order valence-electron chi connectivity index (χ4n) is 4.07. The number of methoxy groups -OCH3 is 1. The predicted octanol–water partition coefficient (Wildman–Crippen LogP) is 3.70. The Morgan fingerprint density at radius 1 is 1.31 bits per heavy atom. The second-order valence-corrected chi connectivity index (χ2v) is 7.49. The minimum atomic E-state index is 0.0293. The van der Waals surface area contributed by atoms with Crippen LogP contribution in [0, 0.1) is 13.8 Å². The Morgan fingerprint density at radius 3 is 2.65 bits per heavy atom. The lowest BCUT2D eigenvalue weighted by atomic mass is 9.97. The maximum Gasteiger partial charge on any atom is 0.170 e. The van der Waals surface area contributed by atoms with E-state index in [-0.39, 0.29) is 12.1 Å². The summed E-state index contributed by atoms with van der Waals surface area (Å²) in [5.74, 6) is 0. The van der Waals surface area contributed by atoms with Crippen molar-refractivity contribution < 1.29 is 4.74 Å². The molecule has 2 aromatic heterocycles. The van der Waals surface area contributed by atoms with E-state index in [1.54, 1.807) is 7.11 Å². The quantitative estimate of drug-likeness (QED) is 0.783. The van der Waals surface area contributed by atoms with Crippen molar-refractivity contribution in [2.24, 2.45) is 0 Å². The van der Waals surface area contributed by atoms with Crippen molar-refractivity contribution in [1.82, 2.24) is 19.8 Å². The molecule has 0 bridgehead atoms. The van der Waals surface area contributed by atoms with Crippen LogP contribution in [0.15, 0.2) is 30.5 Å². The van der Waals surface area contributed by atoms with Gasteiger partial charge in [-0.15, -0.1) is 0 Å². The van der Waals surface area contributed by atoms with Crippen LogP contribution in [0.25, 0.3) is 0 Å². The molecule has 3 heterocycles. The van der Waals surface area contributed by atoms with Crippen molar-refractivity contribution in [3.63, 3.8) is 0 Å². The molecule has 1 N–H and O–H groups in total. The van der Waals surface area contributed by atoms with Crippen molar-refractivity contribution >= 4 is 17.3 Å². The molecule has 0 saturated carbocycles. The number of hydrogen-bond donors (Lipinski definition) is 1. The molecule has 6 heteroatoms. The highest BCUT2D eigenvalue weighted by Crippen LogP contribution is 2.41. The van der Waals surface area contributed by atoms with Gasteiger partial charge in [0.05, 0.1) is 24.4 Å². The zero-order chi connectivity index (χ0) is 18.8. The van der Waals surface area contributed by atoms with Gasteiger partial charge in [0.25, 0.3) is 0 Å². The Kier molecular flexibility index (Phi) is 5.63. The second-order valence-electron chi connectivity index (χ2n) is 7.10. The van der Waals surface area contributed by atoms with Crippen molar-refractivity contribution in [2.45, 2.75) is 45.8 Å². The smallest absolute Gasteiger partial charge is 0.170 e. The molecular formula is C20H28N4OS. The molecule has 26 heavy (non-hydrogen) atoms. The monoisotopic (exact) mass is 372 g/mol. The fourth-order valence-corrected chi connectivity index (χ4v) is 4.40. The summed E-state index contributed by atoms with van der Waals surface area (Å²) in [5, 5.41) is 4.25. The third-order valence-electron chi connectivity index (χ3n) is 5.09. The number of ether oxygens (including phenoxy) is 1. The summed E-state index contributed by atoms with van der Waals surface area (Å²) < 4.78 is 7.71. The zero-order valence-corrected chi connectivity index (χ0v) is 17.0. The summed E-state index contributed by atoms with van der Waals surface area (Å²) >= 11 is 5.67. The maximum atomic E-state index is 5.67. The van der Waals surface area contributed by atoms with Gasteiger partial charge in [0.1, 0.15) is 0 Å². The number of nitrogens with zero attached hydrogens (tertiary/aromatic N) is 3. The van der Waals surface area contributed by atoms with Crippen molar-refractivity contribution in [3.05, 3.63) is 53.1 Å². The Labute approximate surface area is 161 Å². The highest BCUT2D eigenvalue weighted by atomic mass is 32.1. The SMILES string of the molecule is COCCN1C(=S)N[C@@H](c2ccccn2)[C@H]1c1cc(C)n(C(C)C)c1C. The van der Waals surface area contributed by atoms with Crippen molar-refractivity contribution in [2.75, 3.05) is 20.3 Å². The number of nitrogens with one attached hydrogen (secondary N) is 1. The van der Waals surface area contributed by atoms with Crippen molar-refractivity contribution in [3.8, 4) is 0 Å². The molecule has 5 nitrogen and oxygen atoms in total. The molecule has 3 rings (SSSR count). The lowest BCUT2D eigenvalue weighted by Crippen LogP contribution is -2.32. The van der Waals surface area contributed by atoms with E-state index >= 15 is 0 Å². The summed E-state index contributed by atoms with van der Waals surface area (Å²) in [6, 6.07) is 8.89. The summed E-state index contributed by atoms with van der Waals surface area (Å²) in [4.78, 5) is 6.83. The maximum absolute atomic E-state index is 5.67. The van der Waals surface area contributed by atoms with Crippen LogP contribution < -0.4 is 5.32 Å². The van der Waals surface area contributed by atoms with Crippen molar-refractivity contribution in [1.29, 1.82) is 0 Å². The van der Waals surface area contributed by atoms with Crippen LogP contribution in [0.5, 0.6) is 0 Å². The Bertz CT molecular complexity index is 772. The molecule has 1 saturated heterocycles. The van der Waals surface area contributed by atoms with Gasteiger partial charge in [-0.05, 0) is 63.7 Å². The van der Waals surface area contributed by atoms with Crippen LogP contribution in [0.2, 0.25) is 0 Å². The molecule has 1 aliphatic rings. The van der Waals surface area contributed by atoms with Crippen LogP contribution >= 0.6 is 12.2 Å². The summed E-state index contributed by atoms with van der Waals surface area (Å²) in [6.45, 7) is 10.2. The number of aryl methyl sites for hydroxylation is 1. The van der Waals surface area contributed by atoms with E-state index in [0.717, 1.165) is 17.4 Å². The summed E-state index contributed by atoms with van der Waals surface area (Å²) in [6.07, 6.45) is 1.84. The van der Waals surface area contributed by atoms with Crippen LogP contribution in [0.4, 0.5) is 0 Å². The third-order valence-corrected chi connectivity index (χ3v) is 5.44. The van der Waals surface area contributed by atoms with Crippen LogP contribution in [-0.2, 0) is 4.74 Å². The van der Waals surface area contributed by atoms with Gasteiger partial charge < -0.3 is 19.5 Å². The molecule has 2 aromatic rings. The molecule has 0 aliphatic carbocycles. The highest BCUT2D eigenvalue weighted by Gasteiger charge is 2.41. The van der Waals surface area contributed by atoms with Gasteiger partial charge in [0.15, 0.2) is 5.11 Å². The Balaban J connectivity index is 2.08. The van der Waals surface area contributed by atoms with Gasteiger partial charge >= 0.3 is 0 Å². The lowest BCUT2D eigenvalue weighted by molar-refractivity contribution is 0.164. The lowest BCUT2D eigenvalue weighted by Gasteiger charge is -2.28. The molecule has 0 aromatic carbocycles. The first-order valence-corrected chi connectivity index (χ1v) is 9.51. The van der Waals surface area contributed by atoms with E-state index in [4.69, 9.17) is 17.0 Å². The summed E-state index contributed by atoms with van der Waals surface area (Å²) in [7, 11) is 1.72. The number of pyridine rings is 1. The Hall–Kier alpha value is -1.92. The fraction of sp³-hybridized carbons (Fsp3) is 0.500. The molecule has 1 aliphatic heterocycles. The minimum Gasteiger partial charge on any atom is -0.383 e. The molecule has 0 radical (unpaired) electrons. The normalized spacial score (nSPS) is 20.1. The predicted molar refractivity (Wildman–Crippen MR) is 108 cm³/mol. The highest BCUT2D eigenvalue weighted by molar-refractivity contribution is 7.80. The average molecular weight is 373 g/mol. The van der Waals surface area contributed by atoms with Gasteiger partial charge in [0, 0.05) is 37.3 Å². The van der Waals surface area contributed by atoms with E-state index in [1.807, 2.05) is 18.3 Å². The average Bonchev–Trinajstić information content (AvgIpc) is 3.09. The van der Waals surface area contributed by atoms with Gasteiger partial charge in [-0.3, -0.25) is 4.98 Å². The Morgan fingerprint density at radius 2 is 2.08 bits per heavy atom. The van der Waals surface area contributed by atoms with E-state index in [9.17, 15) is 0 Å². The molecule has 0 unspecified atom stereocenters. The van der Waals surface area contributed by atoms with Gasteiger partial charge in [-0.1, -0.05) is 6.07 Å². The number of aromatic nitrogens is 2. The number of rotatable bonds is 6. The molecule has 1 fully saturated rings. The minimum absolute atomic E-state index is 0.0293. The van der Waals surface area contributed by atoms with Gasteiger partial charge in [-0.2, -0.15) is 0 Å². The molecule has 140 valence electrons. The number of thiocarbonyl (C=S) groups is 1. The van der Waals surface area contributed by atoms with Crippen LogP contribution in [-0.4, -0.2) is 39.8 Å². The van der Waals surface area contributed by atoms with E-state index in [2.05, 4.69) is 59.6 Å². The van der Waals surface area contributed by atoms with Gasteiger partial charge in [0.2, 0.25) is 0 Å². The zero-order valence-electron chi connectivity index (χ0n) is 16.2. The molecule has 0 amide bonds. The second kappa shape index (κ2) is 7.76. The van der Waals surface area contributed by atoms with Crippen LogP contribution in [0.3, 0.4) is 0 Å². The van der Waals surface area contributed by atoms with E-state index in [0.29, 0.717) is 12.6 Å². The largest absolute Gasteiger partial charge is 0.383 e. The first-order chi connectivity index (χ1) is 12.5. The number of hydrogen-bond acceptors (Lipinski definition) is 3. The molecular weight excluding hydrogens is 344 g/mol. The first kappa shape index (κ1) is 18.9. The third kappa shape index (κ3) is 3.35. The standard InChI is InChI=1S/C20H28N4OS/c1-13(2)24-14(3)12-16(15(24)4)19-18(17-8-6-7-9-21-17)22-20(26)23(19)10-11-25-5/h6-9,12-13,18-19H,10-11H2,1-5H3,(H,22,26)/t18-,19+/m0/s1. The molecule has 2 atom stereocenters.